The average Bonchev–Trinajstić information content (AvgIpc) is 3.47. The van der Waals surface area contributed by atoms with Gasteiger partial charge in [0.05, 0.1) is 36.5 Å². The topological polar surface area (TPSA) is 138 Å². The van der Waals surface area contributed by atoms with Crippen molar-refractivity contribution in [3.63, 3.8) is 0 Å². The molecule has 3 N–H and O–H groups in total. The first-order chi connectivity index (χ1) is 26.1. The summed E-state index contributed by atoms with van der Waals surface area (Å²) in [6.45, 7) is 3.98. The van der Waals surface area contributed by atoms with Crippen molar-refractivity contribution < 1.29 is 38.8 Å². The van der Waals surface area contributed by atoms with E-state index in [1.165, 1.54) is 0 Å². The summed E-state index contributed by atoms with van der Waals surface area (Å²) in [4.78, 5) is 42.6. The maximum absolute atomic E-state index is 13.5. The predicted molar refractivity (Wildman–Crippen MR) is 201 cm³/mol. The standard InChI is InChI=1S/C42H44ClN3O8/c1-27-36(24-45-20-18-42(51,19-21-45)32-14-16-33(43)17-15-32)53-40(54-38(27)30-12-10-28(25-47)11-13-30)31-8-5-9-34(22-31)46-37(48)23-35(39(46)49)44-41(50)52-26-29-6-3-2-4-7-29/h2-17,22,27,35-36,38,40,47,51H,18-21,23-26H2,1H3,(H,44,50)/t27-,35?,36+,38+,40+/m0/s1. The van der Waals surface area contributed by atoms with Crippen LogP contribution in [0.25, 0.3) is 0 Å². The predicted octanol–water partition coefficient (Wildman–Crippen LogP) is 6.17. The molecule has 12 heteroatoms. The zero-order valence-electron chi connectivity index (χ0n) is 30.0. The molecule has 3 fully saturated rings. The molecule has 282 valence electrons. The number of amides is 3. The minimum Gasteiger partial charge on any atom is -0.445 e. The van der Waals surface area contributed by atoms with Crippen molar-refractivity contribution in [1.29, 1.82) is 0 Å². The Labute approximate surface area is 319 Å². The largest absolute Gasteiger partial charge is 0.445 e. The van der Waals surface area contributed by atoms with Gasteiger partial charge in [-0.1, -0.05) is 97.4 Å². The van der Waals surface area contributed by atoms with Crippen LogP contribution < -0.4 is 10.2 Å². The van der Waals surface area contributed by atoms with E-state index >= 15 is 0 Å². The number of anilines is 1. The monoisotopic (exact) mass is 753 g/mol. The molecule has 54 heavy (non-hydrogen) atoms. The van der Waals surface area contributed by atoms with Gasteiger partial charge in [-0.15, -0.1) is 0 Å². The van der Waals surface area contributed by atoms with Crippen LogP contribution in [-0.4, -0.2) is 64.8 Å². The molecule has 5 atom stereocenters. The fourth-order valence-corrected chi connectivity index (χ4v) is 7.60. The number of benzene rings is 4. The maximum atomic E-state index is 13.5. The van der Waals surface area contributed by atoms with Crippen molar-refractivity contribution in [2.45, 2.75) is 69.5 Å². The molecule has 0 aliphatic carbocycles. The molecule has 11 nitrogen and oxygen atoms in total. The summed E-state index contributed by atoms with van der Waals surface area (Å²) in [6, 6.07) is 30.1. The second-order valence-electron chi connectivity index (χ2n) is 14.3. The number of imide groups is 1. The number of carbonyl (C=O) groups is 3. The number of hydrogen-bond acceptors (Lipinski definition) is 9. The fourth-order valence-electron chi connectivity index (χ4n) is 7.47. The second-order valence-corrected chi connectivity index (χ2v) is 14.7. The van der Waals surface area contributed by atoms with Gasteiger partial charge in [0.2, 0.25) is 5.91 Å². The van der Waals surface area contributed by atoms with Crippen LogP contribution in [0.4, 0.5) is 10.5 Å². The molecule has 4 aromatic rings. The van der Waals surface area contributed by atoms with Gasteiger partial charge in [0.15, 0.2) is 6.29 Å². The number of likely N-dealkylation sites (tertiary alicyclic amines) is 1. The van der Waals surface area contributed by atoms with Crippen molar-refractivity contribution in [3.05, 3.63) is 136 Å². The Morgan fingerprint density at radius 2 is 1.63 bits per heavy atom. The maximum Gasteiger partial charge on any atom is 0.408 e. The summed E-state index contributed by atoms with van der Waals surface area (Å²) in [5, 5.41) is 24.3. The van der Waals surface area contributed by atoms with E-state index in [1.807, 2.05) is 72.8 Å². The molecule has 1 unspecified atom stereocenters. The normalized spacial score (nSPS) is 24.4. The van der Waals surface area contributed by atoms with Crippen molar-refractivity contribution >= 4 is 35.2 Å². The summed E-state index contributed by atoms with van der Waals surface area (Å²) < 4.78 is 18.6. The molecule has 3 aliphatic rings. The van der Waals surface area contributed by atoms with Gasteiger partial charge in [0.25, 0.3) is 5.91 Å². The molecule has 3 saturated heterocycles. The number of halogens is 1. The molecule has 3 aliphatic heterocycles. The molecule has 3 amide bonds. The van der Waals surface area contributed by atoms with E-state index in [0.29, 0.717) is 48.7 Å². The molecule has 0 bridgehead atoms. The lowest BCUT2D eigenvalue weighted by Gasteiger charge is -2.45. The quantitative estimate of drug-likeness (QED) is 0.163. The van der Waals surface area contributed by atoms with Gasteiger partial charge in [0.1, 0.15) is 12.6 Å². The molecule has 4 aromatic carbocycles. The molecule has 0 spiro atoms. The molecule has 3 heterocycles. The van der Waals surface area contributed by atoms with Gasteiger partial charge in [0, 0.05) is 36.1 Å². The lowest BCUT2D eigenvalue weighted by molar-refractivity contribution is -0.277. The first-order valence-corrected chi connectivity index (χ1v) is 18.6. The van der Waals surface area contributed by atoms with Gasteiger partial charge in [-0.3, -0.25) is 9.59 Å². The third-order valence-electron chi connectivity index (χ3n) is 10.7. The van der Waals surface area contributed by atoms with Gasteiger partial charge < -0.3 is 34.6 Å². The van der Waals surface area contributed by atoms with E-state index in [2.05, 4.69) is 17.1 Å². The SMILES string of the molecule is C[C@H]1[C@@H](CN2CCC(O)(c3ccc(Cl)cc3)CC2)O[C@@H](c2cccc(N3C(=O)CC(NC(=O)OCc4ccccc4)C3=O)c2)O[C@H]1c1ccc(CO)cc1. The number of rotatable bonds is 10. The summed E-state index contributed by atoms with van der Waals surface area (Å²) in [6.07, 6.45) is -1.35. The van der Waals surface area contributed by atoms with Crippen LogP contribution in [0.2, 0.25) is 5.02 Å². The van der Waals surface area contributed by atoms with Gasteiger partial charge >= 0.3 is 6.09 Å². The van der Waals surface area contributed by atoms with Crippen LogP contribution in [0.3, 0.4) is 0 Å². The highest BCUT2D eigenvalue weighted by Gasteiger charge is 2.43. The number of nitrogens with zero attached hydrogens (tertiary/aromatic N) is 2. The van der Waals surface area contributed by atoms with E-state index in [4.69, 9.17) is 25.8 Å². The van der Waals surface area contributed by atoms with Crippen molar-refractivity contribution in [2.24, 2.45) is 5.92 Å². The van der Waals surface area contributed by atoms with Gasteiger partial charge in [-0.05, 0) is 59.4 Å². The van der Waals surface area contributed by atoms with Crippen LogP contribution in [0.1, 0.15) is 66.4 Å². The summed E-state index contributed by atoms with van der Waals surface area (Å²) in [5.74, 6) is -1.08. The average molecular weight is 754 g/mol. The van der Waals surface area contributed by atoms with E-state index in [0.717, 1.165) is 27.2 Å². The lowest BCUT2D eigenvalue weighted by atomic mass is 9.84. The van der Waals surface area contributed by atoms with E-state index < -0.39 is 35.8 Å². The van der Waals surface area contributed by atoms with Gasteiger partial charge in [-0.2, -0.15) is 0 Å². The summed E-state index contributed by atoms with van der Waals surface area (Å²) >= 11 is 6.10. The highest BCUT2D eigenvalue weighted by Crippen LogP contribution is 2.43. The van der Waals surface area contributed by atoms with E-state index in [-0.39, 0.29) is 37.8 Å². The van der Waals surface area contributed by atoms with Crippen molar-refractivity contribution in [1.82, 2.24) is 10.2 Å². The van der Waals surface area contributed by atoms with Crippen LogP contribution in [0.5, 0.6) is 0 Å². The molecule has 0 saturated carbocycles. The van der Waals surface area contributed by atoms with Crippen LogP contribution >= 0.6 is 11.6 Å². The number of aliphatic hydroxyl groups is 2. The van der Waals surface area contributed by atoms with Gasteiger partial charge in [-0.25, -0.2) is 9.69 Å². The number of ether oxygens (including phenoxy) is 3. The number of nitrogens with one attached hydrogen (secondary N) is 1. The van der Waals surface area contributed by atoms with E-state index in [9.17, 15) is 24.6 Å². The van der Waals surface area contributed by atoms with E-state index in [1.54, 1.807) is 30.3 Å². The lowest BCUT2D eigenvalue weighted by Crippen LogP contribution is -2.49. The molecule has 7 rings (SSSR count). The number of hydrogen-bond donors (Lipinski definition) is 3. The molecule has 0 aromatic heterocycles. The van der Waals surface area contributed by atoms with Crippen LogP contribution in [-0.2, 0) is 42.6 Å². The minimum absolute atomic E-state index is 0.0320. The third-order valence-corrected chi connectivity index (χ3v) is 10.9. The number of aliphatic hydroxyl groups excluding tert-OH is 1. The third kappa shape index (κ3) is 8.37. The molecular weight excluding hydrogens is 710 g/mol. The Hall–Kier alpha value is -4.62. The molecular formula is C42H44ClN3O8. The molecule has 0 radical (unpaired) electrons. The van der Waals surface area contributed by atoms with Crippen molar-refractivity contribution in [3.8, 4) is 0 Å². The van der Waals surface area contributed by atoms with Crippen LogP contribution in [0, 0.1) is 5.92 Å². The Morgan fingerprint density at radius 1 is 0.907 bits per heavy atom. The minimum atomic E-state index is -1.06. The number of alkyl carbamates (subject to hydrolysis) is 1. The Bertz CT molecular complexity index is 1940. The smallest absolute Gasteiger partial charge is 0.408 e. The summed E-state index contributed by atoms with van der Waals surface area (Å²) in [7, 11) is 0. The highest BCUT2D eigenvalue weighted by molar-refractivity contribution is 6.30. The zero-order chi connectivity index (χ0) is 37.8. The Morgan fingerprint density at radius 3 is 2.33 bits per heavy atom. The fraction of sp³-hybridized carbons (Fsp3) is 0.357. The zero-order valence-corrected chi connectivity index (χ0v) is 30.7. The second kappa shape index (κ2) is 16.4. The number of piperidine rings is 1. The van der Waals surface area contributed by atoms with Crippen molar-refractivity contribution in [2.75, 3.05) is 24.5 Å². The highest BCUT2D eigenvalue weighted by atomic mass is 35.5. The summed E-state index contributed by atoms with van der Waals surface area (Å²) in [5.41, 5.74) is 3.40. The first kappa shape index (κ1) is 37.7. The number of carbonyl (C=O) groups excluding carboxylic acids is 3. The first-order valence-electron chi connectivity index (χ1n) is 18.3. The Kier molecular flexibility index (Phi) is 11.4. The van der Waals surface area contributed by atoms with Crippen LogP contribution in [0.15, 0.2) is 103 Å². The Balaban J connectivity index is 1.06.